The van der Waals surface area contributed by atoms with E-state index in [0.29, 0.717) is 0 Å². The monoisotopic (exact) mass is 395 g/mol. The number of esters is 1. The third-order valence-electron chi connectivity index (χ3n) is 4.14. The molecule has 5 nitrogen and oxygen atoms in total. The van der Waals surface area contributed by atoms with E-state index < -0.39 is 16.0 Å². The smallest absolute Gasteiger partial charge is 0.307 e. The Morgan fingerprint density at radius 1 is 0.786 bits per heavy atom. The van der Waals surface area contributed by atoms with Crippen molar-refractivity contribution < 1.29 is 17.9 Å². The Bertz CT molecular complexity index is 1000. The molecule has 0 atom stereocenters. The zero-order valence-electron chi connectivity index (χ0n) is 15.2. The van der Waals surface area contributed by atoms with E-state index >= 15 is 0 Å². The minimum Gasteiger partial charge on any atom is -0.461 e. The maximum Gasteiger partial charge on any atom is 0.307 e. The van der Waals surface area contributed by atoms with E-state index in [0.717, 1.165) is 16.7 Å². The second-order valence-electron chi connectivity index (χ2n) is 6.18. The minimum absolute atomic E-state index is 0.0109. The molecule has 28 heavy (non-hydrogen) atoms. The Kier molecular flexibility index (Phi) is 6.57. The SMILES string of the molecule is O=C(CCNS(=O)(=O)c1ccccc1)OCc1ccc(-c2ccccc2)cc1. The van der Waals surface area contributed by atoms with Crippen LogP contribution in [0.4, 0.5) is 0 Å². The number of carbonyl (C=O) groups excluding carboxylic acids is 1. The lowest BCUT2D eigenvalue weighted by atomic mass is 10.0. The summed E-state index contributed by atoms with van der Waals surface area (Å²) in [5.41, 5.74) is 3.08. The van der Waals surface area contributed by atoms with Crippen molar-refractivity contribution >= 4 is 16.0 Å². The van der Waals surface area contributed by atoms with Gasteiger partial charge in [-0.1, -0.05) is 72.8 Å². The van der Waals surface area contributed by atoms with Crippen LogP contribution in [0.2, 0.25) is 0 Å². The van der Waals surface area contributed by atoms with E-state index in [2.05, 4.69) is 4.72 Å². The summed E-state index contributed by atoms with van der Waals surface area (Å²) in [7, 11) is -3.61. The molecule has 0 aromatic heterocycles. The van der Waals surface area contributed by atoms with Crippen molar-refractivity contribution in [1.82, 2.24) is 4.72 Å². The van der Waals surface area contributed by atoms with Crippen LogP contribution < -0.4 is 4.72 Å². The van der Waals surface area contributed by atoms with Gasteiger partial charge in [-0.3, -0.25) is 4.79 Å². The predicted molar refractivity (Wildman–Crippen MR) is 108 cm³/mol. The van der Waals surface area contributed by atoms with Gasteiger partial charge >= 0.3 is 5.97 Å². The lowest BCUT2D eigenvalue weighted by molar-refractivity contribution is -0.144. The second-order valence-corrected chi connectivity index (χ2v) is 7.95. The molecule has 0 saturated heterocycles. The van der Waals surface area contributed by atoms with E-state index in [1.54, 1.807) is 18.2 Å². The third-order valence-corrected chi connectivity index (χ3v) is 5.61. The van der Waals surface area contributed by atoms with Crippen LogP contribution in [0.5, 0.6) is 0 Å². The molecular formula is C22H21NO4S. The number of sulfonamides is 1. The first-order valence-electron chi connectivity index (χ1n) is 8.89. The van der Waals surface area contributed by atoms with Crippen molar-refractivity contribution in [3.8, 4) is 11.1 Å². The molecule has 144 valence electrons. The van der Waals surface area contributed by atoms with Crippen LogP contribution in [0.3, 0.4) is 0 Å². The Morgan fingerprint density at radius 3 is 2.00 bits per heavy atom. The van der Waals surface area contributed by atoms with Gasteiger partial charge in [-0.05, 0) is 28.8 Å². The second kappa shape index (κ2) is 9.30. The molecule has 0 radical (unpaired) electrons. The maximum atomic E-state index is 12.1. The standard InChI is InChI=1S/C22H21NO4S/c24-22(15-16-23-28(25,26)21-9-5-2-6-10-21)27-17-18-11-13-20(14-12-18)19-7-3-1-4-8-19/h1-14,23H,15-17H2. The van der Waals surface area contributed by atoms with Crippen molar-refractivity contribution in [2.45, 2.75) is 17.9 Å². The first-order chi connectivity index (χ1) is 13.5. The molecule has 0 aliphatic rings. The van der Waals surface area contributed by atoms with Gasteiger partial charge in [0.05, 0.1) is 11.3 Å². The number of nitrogens with one attached hydrogen (secondary N) is 1. The van der Waals surface area contributed by atoms with Crippen molar-refractivity contribution in [3.05, 3.63) is 90.5 Å². The Morgan fingerprint density at radius 2 is 1.36 bits per heavy atom. The molecular weight excluding hydrogens is 374 g/mol. The number of hydrogen-bond acceptors (Lipinski definition) is 4. The molecule has 0 bridgehead atoms. The fourth-order valence-electron chi connectivity index (χ4n) is 2.63. The zero-order valence-corrected chi connectivity index (χ0v) is 16.1. The largest absolute Gasteiger partial charge is 0.461 e. The number of rotatable bonds is 8. The van der Waals surface area contributed by atoms with Gasteiger partial charge in [0.15, 0.2) is 0 Å². The van der Waals surface area contributed by atoms with Crippen LogP contribution in [0.1, 0.15) is 12.0 Å². The highest BCUT2D eigenvalue weighted by Crippen LogP contribution is 2.19. The highest BCUT2D eigenvalue weighted by Gasteiger charge is 2.13. The van der Waals surface area contributed by atoms with E-state index in [9.17, 15) is 13.2 Å². The number of hydrogen-bond donors (Lipinski definition) is 1. The molecule has 0 spiro atoms. The van der Waals surface area contributed by atoms with Crippen LogP contribution in [0, 0.1) is 0 Å². The van der Waals surface area contributed by atoms with Crippen molar-refractivity contribution in [1.29, 1.82) is 0 Å². The fourth-order valence-corrected chi connectivity index (χ4v) is 3.68. The minimum atomic E-state index is -3.61. The average Bonchev–Trinajstić information content (AvgIpc) is 2.74. The first-order valence-corrected chi connectivity index (χ1v) is 10.4. The summed E-state index contributed by atoms with van der Waals surface area (Å²) >= 11 is 0. The summed E-state index contributed by atoms with van der Waals surface area (Å²) < 4.78 is 31.8. The molecule has 6 heteroatoms. The average molecular weight is 395 g/mol. The van der Waals surface area contributed by atoms with E-state index in [1.165, 1.54) is 12.1 Å². The van der Waals surface area contributed by atoms with Gasteiger partial charge in [-0.25, -0.2) is 13.1 Å². The normalized spacial score (nSPS) is 11.1. The third kappa shape index (κ3) is 5.52. The van der Waals surface area contributed by atoms with Gasteiger partial charge in [0.25, 0.3) is 0 Å². The summed E-state index contributed by atoms with van der Waals surface area (Å²) in [6.45, 7) is 0.141. The van der Waals surface area contributed by atoms with Gasteiger partial charge in [-0.2, -0.15) is 0 Å². The molecule has 0 aliphatic heterocycles. The van der Waals surface area contributed by atoms with Crippen LogP contribution >= 0.6 is 0 Å². The first kappa shape index (κ1) is 19.8. The zero-order chi connectivity index (χ0) is 19.8. The van der Waals surface area contributed by atoms with Crippen LogP contribution in [-0.2, 0) is 26.2 Å². The van der Waals surface area contributed by atoms with Crippen molar-refractivity contribution in [3.63, 3.8) is 0 Å². The molecule has 0 heterocycles. The quantitative estimate of drug-likeness (QED) is 0.590. The fraction of sp³-hybridized carbons (Fsp3) is 0.136. The molecule has 0 amide bonds. The summed E-state index contributed by atoms with van der Waals surface area (Å²) in [6.07, 6.45) is -0.0336. The Labute approximate surface area is 165 Å². The summed E-state index contributed by atoms with van der Waals surface area (Å²) in [5.74, 6) is -0.456. The molecule has 3 aromatic carbocycles. The van der Waals surface area contributed by atoms with Crippen LogP contribution in [0.15, 0.2) is 89.8 Å². The molecule has 0 saturated carbocycles. The summed E-state index contributed by atoms with van der Waals surface area (Å²) in [6, 6.07) is 25.8. The van der Waals surface area contributed by atoms with Crippen LogP contribution in [-0.4, -0.2) is 20.9 Å². The van der Waals surface area contributed by atoms with E-state index in [-0.39, 0.29) is 24.5 Å². The van der Waals surface area contributed by atoms with E-state index in [4.69, 9.17) is 4.74 Å². The number of carbonyl (C=O) groups is 1. The summed E-state index contributed by atoms with van der Waals surface area (Å²) in [4.78, 5) is 12.0. The van der Waals surface area contributed by atoms with Gasteiger partial charge in [0.1, 0.15) is 6.61 Å². The Hall–Kier alpha value is -2.96. The number of benzene rings is 3. The van der Waals surface area contributed by atoms with Gasteiger partial charge in [-0.15, -0.1) is 0 Å². The highest BCUT2D eigenvalue weighted by atomic mass is 32.2. The summed E-state index contributed by atoms with van der Waals surface area (Å²) in [5, 5.41) is 0. The van der Waals surface area contributed by atoms with Crippen LogP contribution in [0.25, 0.3) is 11.1 Å². The van der Waals surface area contributed by atoms with Crippen molar-refractivity contribution in [2.24, 2.45) is 0 Å². The number of ether oxygens (including phenoxy) is 1. The predicted octanol–water partition coefficient (Wildman–Crippen LogP) is 3.77. The molecule has 0 fully saturated rings. The molecule has 0 aliphatic carbocycles. The maximum absolute atomic E-state index is 12.1. The highest BCUT2D eigenvalue weighted by molar-refractivity contribution is 7.89. The lowest BCUT2D eigenvalue weighted by Gasteiger charge is -2.08. The molecule has 3 aromatic rings. The molecule has 0 unspecified atom stereocenters. The molecule has 3 rings (SSSR count). The lowest BCUT2D eigenvalue weighted by Crippen LogP contribution is -2.26. The van der Waals surface area contributed by atoms with Gasteiger partial charge in [0, 0.05) is 6.54 Å². The van der Waals surface area contributed by atoms with E-state index in [1.807, 2.05) is 54.6 Å². The van der Waals surface area contributed by atoms with Gasteiger partial charge in [0.2, 0.25) is 10.0 Å². The van der Waals surface area contributed by atoms with Crippen molar-refractivity contribution in [2.75, 3.05) is 6.54 Å². The van der Waals surface area contributed by atoms with Gasteiger partial charge < -0.3 is 4.74 Å². The Balaban J connectivity index is 1.44. The topological polar surface area (TPSA) is 72.5 Å². The molecule has 1 N–H and O–H groups in total.